The number of halogens is 3. The van der Waals surface area contributed by atoms with E-state index in [2.05, 4.69) is 0 Å². The molecule has 1 aromatic carbocycles. The predicted octanol–water partition coefficient (Wildman–Crippen LogP) is -0.179. The van der Waals surface area contributed by atoms with Gasteiger partial charge in [-0.15, -0.1) is 5.46 Å². The van der Waals surface area contributed by atoms with Crippen LogP contribution in [0.5, 0.6) is 0 Å². The van der Waals surface area contributed by atoms with Crippen molar-refractivity contribution in [3.05, 3.63) is 28.8 Å². The molecule has 0 aromatic heterocycles. The van der Waals surface area contributed by atoms with Crippen molar-refractivity contribution in [3.8, 4) is 0 Å². The van der Waals surface area contributed by atoms with Gasteiger partial charge in [-0.3, -0.25) is 4.79 Å². The number of hydrogen-bond donors (Lipinski definition) is 0. The zero-order valence-corrected chi connectivity index (χ0v) is 15.8. The molecule has 3 nitrogen and oxygen atoms in total. The summed E-state index contributed by atoms with van der Waals surface area (Å²) in [5.74, 6) is -0.887. The number of benzene rings is 1. The van der Waals surface area contributed by atoms with E-state index in [9.17, 15) is 22.5 Å². The molecule has 0 aliphatic heterocycles. The van der Waals surface area contributed by atoms with Crippen LogP contribution in [0.15, 0.2) is 12.1 Å². The number of hydrogen-bond acceptors (Lipinski definition) is 3. The second-order valence-electron chi connectivity index (χ2n) is 5.47. The molecule has 0 saturated heterocycles. The van der Waals surface area contributed by atoms with Gasteiger partial charge < -0.3 is 17.7 Å². The van der Waals surface area contributed by atoms with E-state index >= 15 is 0 Å². The van der Waals surface area contributed by atoms with E-state index in [1.54, 1.807) is 20.8 Å². The van der Waals surface area contributed by atoms with E-state index < -0.39 is 24.0 Å². The Balaban J connectivity index is 0.00000400. The van der Waals surface area contributed by atoms with Gasteiger partial charge in [0.05, 0.1) is 5.56 Å². The Labute approximate surface area is 164 Å². The number of rotatable bonds is 3. The first-order valence-corrected chi connectivity index (χ1v) is 5.98. The van der Waals surface area contributed by atoms with Crippen molar-refractivity contribution in [1.29, 1.82) is 0 Å². The summed E-state index contributed by atoms with van der Waals surface area (Å²) in [6.45, 7) is 0.709. The molecule has 0 unspecified atom stereocenters. The quantitative estimate of drug-likeness (QED) is 0.440. The number of aldehydes is 1. The van der Waals surface area contributed by atoms with Crippen LogP contribution in [0.1, 0.15) is 47.1 Å². The molecule has 0 fully saturated rings. The summed E-state index contributed by atoms with van der Waals surface area (Å²) in [7, 11) is 0. The Morgan fingerprint density at radius 2 is 1.76 bits per heavy atom. The van der Waals surface area contributed by atoms with Crippen LogP contribution < -0.4 is 56.8 Å². The van der Waals surface area contributed by atoms with Gasteiger partial charge in [0.25, 0.3) is 0 Å². The summed E-state index contributed by atoms with van der Waals surface area (Å²) in [6.07, 6.45) is 0.300. The average molecular weight is 326 g/mol. The van der Waals surface area contributed by atoms with Crippen molar-refractivity contribution in [2.75, 3.05) is 0 Å². The second-order valence-corrected chi connectivity index (χ2v) is 5.47. The first-order valence-electron chi connectivity index (χ1n) is 5.98. The maximum absolute atomic E-state index is 12.9. The van der Waals surface area contributed by atoms with Gasteiger partial charge in [-0.05, 0) is 33.8 Å². The SMILES string of the molecule is Cc1c(C=O)cc(C(=O)OC(C)(C)C)cc1[B-](F)(F)F.[K+]. The standard InChI is InChI=1S/C13H15BF3O3.K/c1-8-10(7-18)5-9(6-11(8)14(15,16)17)12(19)20-13(2,3)4;/h5-7H,1-4H3;/q-1;+1. The van der Waals surface area contributed by atoms with Crippen molar-refractivity contribution in [2.24, 2.45) is 0 Å². The van der Waals surface area contributed by atoms with Crippen LogP contribution in [-0.4, -0.2) is 24.8 Å². The van der Waals surface area contributed by atoms with E-state index in [1.807, 2.05) is 0 Å². The zero-order chi connectivity index (χ0) is 15.7. The van der Waals surface area contributed by atoms with Gasteiger partial charge in [-0.1, -0.05) is 11.6 Å². The van der Waals surface area contributed by atoms with Gasteiger partial charge in [0.15, 0.2) is 0 Å². The van der Waals surface area contributed by atoms with Crippen LogP contribution in [0, 0.1) is 6.92 Å². The third-order valence-electron chi connectivity index (χ3n) is 2.60. The smallest absolute Gasteiger partial charge is 0.456 e. The zero-order valence-electron chi connectivity index (χ0n) is 12.7. The van der Waals surface area contributed by atoms with Gasteiger partial charge in [-0.2, -0.15) is 0 Å². The Morgan fingerprint density at radius 3 is 2.14 bits per heavy atom. The summed E-state index contributed by atoms with van der Waals surface area (Å²) in [5.41, 5.74) is -2.40. The minimum atomic E-state index is -5.31. The first-order chi connectivity index (χ1) is 8.95. The number of carbonyl (C=O) groups excluding carboxylic acids is 2. The molecule has 8 heteroatoms. The largest absolute Gasteiger partial charge is 1.00 e. The molecule has 21 heavy (non-hydrogen) atoms. The van der Waals surface area contributed by atoms with E-state index in [-0.39, 0.29) is 68.1 Å². The minimum absolute atomic E-state index is 0. The molecule has 0 heterocycles. The fraction of sp³-hybridized carbons (Fsp3) is 0.385. The molecule has 1 rings (SSSR count). The topological polar surface area (TPSA) is 43.4 Å². The average Bonchev–Trinajstić information content (AvgIpc) is 2.25. The molecule has 0 amide bonds. The predicted molar refractivity (Wildman–Crippen MR) is 70.4 cm³/mol. The van der Waals surface area contributed by atoms with Crippen molar-refractivity contribution < 1.29 is 78.7 Å². The molecule has 0 spiro atoms. The molecule has 0 bridgehead atoms. The van der Waals surface area contributed by atoms with E-state index in [0.717, 1.165) is 12.1 Å². The molecule has 0 radical (unpaired) electrons. The first kappa shape index (κ1) is 20.9. The van der Waals surface area contributed by atoms with Crippen LogP contribution in [0.25, 0.3) is 0 Å². The molecule has 0 aliphatic carbocycles. The van der Waals surface area contributed by atoms with Gasteiger partial charge in [0.2, 0.25) is 0 Å². The van der Waals surface area contributed by atoms with Gasteiger partial charge in [0, 0.05) is 5.56 Å². The third kappa shape index (κ3) is 5.86. The third-order valence-corrected chi connectivity index (χ3v) is 2.60. The van der Waals surface area contributed by atoms with E-state index in [4.69, 9.17) is 4.74 Å². The van der Waals surface area contributed by atoms with Crippen LogP contribution in [-0.2, 0) is 4.74 Å². The van der Waals surface area contributed by atoms with Crippen molar-refractivity contribution in [2.45, 2.75) is 33.3 Å². The Hall–Kier alpha value is -0.149. The Kier molecular flexibility index (Phi) is 7.36. The van der Waals surface area contributed by atoms with E-state index in [1.165, 1.54) is 6.92 Å². The van der Waals surface area contributed by atoms with Crippen LogP contribution in [0.2, 0.25) is 0 Å². The summed E-state index contributed by atoms with van der Waals surface area (Å²) in [4.78, 5) is 22.7. The number of carbonyl (C=O) groups is 2. The van der Waals surface area contributed by atoms with Crippen molar-refractivity contribution in [3.63, 3.8) is 0 Å². The molecular weight excluding hydrogens is 311 g/mol. The fourth-order valence-electron chi connectivity index (χ4n) is 1.68. The second kappa shape index (κ2) is 7.41. The number of ether oxygens (including phenoxy) is 1. The molecule has 0 saturated carbocycles. The van der Waals surface area contributed by atoms with Crippen molar-refractivity contribution in [1.82, 2.24) is 0 Å². The summed E-state index contributed by atoms with van der Waals surface area (Å²) < 4.78 is 43.8. The van der Waals surface area contributed by atoms with Crippen LogP contribution in [0.4, 0.5) is 12.9 Å². The Bertz CT molecular complexity index is 551. The Morgan fingerprint density at radius 1 is 1.24 bits per heavy atom. The number of esters is 1. The van der Waals surface area contributed by atoms with Crippen LogP contribution >= 0.6 is 0 Å². The maximum atomic E-state index is 12.9. The maximum Gasteiger partial charge on any atom is 1.00 e. The van der Waals surface area contributed by atoms with Crippen LogP contribution in [0.3, 0.4) is 0 Å². The molecular formula is C13H15BF3KO3. The molecule has 0 atom stereocenters. The van der Waals surface area contributed by atoms with E-state index in [0.29, 0.717) is 6.29 Å². The van der Waals surface area contributed by atoms with Crippen molar-refractivity contribution >= 4 is 24.7 Å². The minimum Gasteiger partial charge on any atom is -0.456 e. The van der Waals surface area contributed by atoms with Gasteiger partial charge in [-0.25, -0.2) is 4.79 Å². The summed E-state index contributed by atoms with van der Waals surface area (Å²) in [6, 6.07) is 1.85. The van der Waals surface area contributed by atoms with Gasteiger partial charge >= 0.3 is 64.3 Å². The molecule has 110 valence electrons. The molecule has 0 aliphatic rings. The summed E-state index contributed by atoms with van der Waals surface area (Å²) >= 11 is 0. The molecule has 0 N–H and O–H groups in total. The summed E-state index contributed by atoms with van der Waals surface area (Å²) in [5, 5.41) is 0. The normalized spacial score (nSPS) is 11.6. The molecule has 1 aromatic rings. The van der Waals surface area contributed by atoms with Gasteiger partial charge in [0.1, 0.15) is 11.9 Å². The fourth-order valence-corrected chi connectivity index (χ4v) is 1.68. The monoisotopic (exact) mass is 326 g/mol.